The van der Waals surface area contributed by atoms with Crippen LogP contribution in [0.25, 0.3) is 0 Å². The third-order valence-electron chi connectivity index (χ3n) is 4.25. The van der Waals surface area contributed by atoms with E-state index in [1.165, 1.54) is 5.56 Å². The van der Waals surface area contributed by atoms with Gasteiger partial charge in [-0.15, -0.1) is 24.0 Å². The largest absolute Gasteiger partial charge is 0.469 e. The fourth-order valence-corrected chi connectivity index (χ4v) is 2.55. The molecule has 5 nitrogen and oxygen atoms in total. The summed E-state index contributed by atoms with van der Waals surface area (Å²) in [7, 11) is 1.69. The predicted molar refractivity (Wildman–Crippen MR) is 117 cm³/mol. The van der Waals surface area contributed by atoms with E-state index in [0.29, 0.717) is 19.1 Å². The minimum absolute atomic E-state index is 0. The molecule has 0 fully saturated rings. The lowest BCUT2D eigenvalue weighted by molar-refractivity contribution is 0.208. The Morgan fingerprint density at radius 3 is 2.58 bits per heavy atom. The number of nitrogens with zero attached hydrogens (tertiary/aromatic N) is 1. The van der Waals surface area contributed by atoms with Crippen LogP contribution in [0, 0.1) is 0 Å². The molecule has 1 aromatic heterocycles. The smallest absolute Gasteiger partial charge is 0.191 e. The highest BCUT2D eigenvalue weighted by Gasteiger charge is 2.15. The van der Waals surface area contributed by atoms with Crippen molar-refractivity contribution in [3.8, 4) is 0 Å². The van der Waals surface area contributed by atoms with Gasteiger partial charge in [-0.2, -0.15) is 0 Å². The molecule has 2 aromatic rings. The minimum atomic E-state index is 0. The summed E-state index contributed by atoms with van der Waals surface area (Å²) >= 11 is 0. The van der Waals surface area contributed by atoms with Crippen LogP contribution >= 0.6 is 24.0 Å². The van der Waals surface area contributed by atoms with E-state index in [1.807, 2.05) is 18.2 Å². The molecule has 2 rings (SSSR count). The fourth-order valence-electron chi connectivity index (χ4n) is 2.55. The number of methoxy groups -OCH3 is 1. The van der Waals surface area contributed by atoms with E-state index < -0.39 is 0 Å². The summed E-state index contributed by atoms with van der Waals surface area (Å²) in [5.41, 5.74) is 1.31. The highest BCUT2D eigenvalue weighted by atomic mass is 127. The first-order chi connectivity index (χ1) is 12.2. The maximum atomic E-state index is 5.37. The summed E-state index contributed by atoms with van der Waals surface area (Å²) in [5, 5.41) is 6.88. The summed E-state index contributed by atoms with van der Waals surface area (Å²) in [4.78, 5) is 4.59. The van der Waals surface area contributed by atoms with E-state index in [9.17, 15) is 0 Å². The molecule has 26 heavy (non-hydrogen) atoms. The number of benzene rings is 1. The predicted octanol–water partition coefficient (Wildman–Crippen LogP) is 3.81. The second-order valence-corrected chi connectivity index (χ2v) is 6.11. The van der Waals surface area contributed by atoms with Crippen molar-refractivity contribution < 1.29 is 9.15 Å². The van der Waals surface area contributed by atoms with Crippen LogP contribution in [-0.4, -0.2) is 38.8 Å². The Bertz CT molecular complexity index is 617. The molecule has 6 heteroatoms. The van der Waals surface area contributed by atoms with Gasteiger partial charge in [0.15, 0.2) is 5.96 Å². The summed E-state index contributed by atoms with van der Waals surface area (Å²) in [6, 6.07) is 14.7. The number of guanidine groups is 1. The number of rotatable bonds is 9. The highest BCUT2D eigenvalue weighted by Crippen LogP contribution is 2.18. The lowest BCUT2D eigenvalue weighted by Gasteiger charge is -2.24. The van der Waals surface area contributed by atoms with Gasteiger partial charge in [0.2, 0.25) is 0 Å². The first-order valence-corrected chi connectivity index (χ1v) is 8.82. The van der Waals surface area contributed by atoms with Crippen molar-refractivity contribution in [1.29, 1.82) is 0 Å². The second kappa shape index (κ2) is 12.8. The number of nitrogens with one attached hydrogen (secondary N) is 2. The molecular weight excluding hydrogens is 441 g/mol. The van der Waals surface area contributed by atoms with E-state index in [0.717, 1.165) is 24.7 Å². The molecule has 0 aliphatic heterocycles. The molecule has 1 heterocycles. The van der Waals surface area contributed by atoms with Crippen molar-refractivity contribution in [2.75, 3.05) is 26.8 Å². The maximum absolute atomic E-state index is 5.37. The third kappa shape index (κ3) is 7.78. The van der Waals surface area contributed by atoms with Crippen molar-refractivity contribution in [2.24, 2.45) is 4.99 Å². The van der Waals surface area contributed by atoms with Crippen molar-refractivity contribution in [3.63, 3.8) is 0 Å². The van der Waals surface area contributed by atoms with E-state index in [1.54, 1.807) is 13.4 Å². The summed E-state index contributed by atoms with van der Waals surface area (Å²) in [5.74, 6) is 2.15. The van der Waals surface area contributed by atoms with E-state index in [2.05, 4.69) is 53.7 Å². The normalized spacial score (nSPS) is 13.6. The molecule has 0 aliphatic rings. The average molecular weight is 471 g/mol. The number of aliphatic imine (C=N–C) groups is 1. The van der Waals surface area contributed by atoms with Gasteiger partial charge in [-0.3, -0.25) is 4.99 Å². The second-order valence-electron chi connectivity index (χ2n) is 6.11. The van der Waals surface area contributed by atoms with Gasteiger partial charge in [-0.1, -0.05) is 37.3 Å². The van der Waals surface area contributed by atoms with Crippen LogP contribution < -0.4 is 10.6 Å². The Labute approximate surface area is 173 Å². The average Bonchev–Trinajstić information content (AvgIpc) is 3.15. The zero-order valence-corrected chi connectivity index (χ0v) is 18.1. The van der Waals surface area contributed by atoms with Gasteiger partial charge in [-0.05, 0) is 24.6 Å². The lowest BCUT2D eigenvalue weighted by Crippen LogP contribution is -2.45. The van der Waals surface area contributed by atoms with Crippen LogP contribution in [0.15, 0.2) is 58.1 Å². The maximum Gasteiger partial charge on any atom is 0.191 e. The van der Waals surface area contributed by atoms with Crippen molar-refractivity contribution >= 4 is 29.9 Å². The first-order valence-electron chi connectivity index (χ1n) is 8.82. The van der Waals surface area contributed by atoms with Gasteiger partial charge in [0.25, 0.3) is 0 Å². The molecule has 0 radical (unpaired) electrons. The number of furan rings is 1. The molecular formula is C20H30IN3O2. The van der Waals surface area contributed by atoms with E-state index in [-0.39, 0.29) is 30.0 Å². The fraction of sp³-hybridized carbons (Fsp3) is 0.450. The topological polar surface area (TPSA) is 58.8 Å². The van der Waals surface area contributed by atoms with Gasteiger partial charge >= 0.3 is 0 Å². The van der Waals surface area contributed by atoms with Crippen LogP contribution in [0.3, 0.4) is 0 Å². The van der Waals surface area contributed by atoms with Gasteiger partial charge in [0, 0.05) is 32.0 Å². The molecule has 0 amide bonds. The van der Waals surface area contributed by atoms with Crippen molar-refractivity contribution in [3.05, 3.63) is 60.1 Å². The number of ether oxygens (including phenoxy) is 1. The van der Waals surface area contributed by atoms with Crippen LogP contribution in [0.1, 0.15) is 31.1 Å². The van der Waals surface area contributed by atoms with Crippen LogP contribution in [0.2, 0.25) is 0 Å². The molecule has 1 aromatic carbocycles. The Balaban J connectivity index is 0.00000338. The Kier molecular flexibility index (Phi) is 11.0. The third-order valence-corrected chi connectivity index (χ3v) is 4.25. The molecule has 2 atom stereocenters. The molecule has 2 N–H and O–H groups in total. The standard InChI is InChI=1S/C20H29N3O2.HI/c1-16(18-8-5-4-6-9-18)17(2)23-20(22-13-15-24-3)21-12-11-19-10-7-14-25-19;/h4-10,14,16-17H,11-13,15H2,1-3H3,(H2,21,22,23);1H. The van der Waals surface area contributed by atoms with E-state index in [4.69, 9.17) is 9.15 Å². The molecule has 0 saturated carbocycles. The summed E-state index contributed by atoms with van der Waals surface area (Å²) in [6.45, 7) is 6.39. The number of hydrogen-bond acceptors (Lipinski definition) is 3. The van der Waals surface area contributed by atoms with Crippen LogP contribution in [-0.2, 0) is 11.2 Å². The number of halogens is 1. The van der Waals surface area contributed by atoms with Gasteiger partial charge in [0.1, 0.15) is 5.76 Å². The van der Waals surface area contributed by atoms with Crippen LogP contribution in [0.5, 0.6) is 0 Å². The molecule has 0 aliphatic carbocycles. The first kappa shape index (κ1) is 22.5. The lowest BCUT2D eigenvalue weighted by atomic mass is 9.94. The van der Waals surface area contributed by atoms with Crippen LogP contribution in [0.4, 0.5) is 0 Å². The number of hydrogen-bond donors (Lipinski definition) is 2. The summed E-state index contributed by atoms with van der Waals surface area (Å²) in [6.07, 6.45) is 2.52. The molecule has 0 saturated heterocycles. The van der Waals surface area contributed by atoms with Crippen molar-refractivity contribution in [1.82, 2.24) is 10.6 Å². The van der Waals surface area contributed by atoms with Crippen molar-refractivity contribution in [2.45, 2.75) is 32.2 Å². The Hall–Kier alpha value is -1.54. The van der Waals surface area contributed by atoms with Gasteiger partial charge < -0.3 is 19.8 Å². The minimum Gasteiger partial charge on any atom is -0.469 e. The summed E-state index contributed by atoms with van der Waals surface area (Å²) < 4.78 is 10.5. The molecule has 144 valence electrons. The zero-order chi connectivity index (χ0) is 17.9. The Morgan fingerprint density at radius 1 is 1.15 bits per heavy atom. The van der Waals surface area contributed by atoms with Gasteiger partial charge in [0.05, 0.1) is 19.4 Å². The quantitative estimate of drug-likeness (QED) is 0.253. The molecule has 0 spiro atoms. The monoisotopic (exact) mass is 471 g/mol. The molecule has 0 bridgehead atoms. The zero-order valence-electron chi connectivity index (χ0n) is 15.8. The van der Waals surface area contributed by atoms with Gasteiger partial charge in [-0.25, -0.2) is 0 Å². The SMILES string of the molecule is COCCN=C(NCCc1ccco1)NC(C)C(C)c1ccccc1.I. The van der Waals surface area contributed by atoms with E-state index >= 15 is 0 Å². The Morgan fingerprint density at radius 2 is 1.92 bits per heavy atom. The highest BCUT2D eigenvalue weighted by molar-refractivity contribution is 14.0. The molecule has 2 unspecified atom stereocenters.